The van der Waals surface area contributed by atoms with Crippen LogP contribution in [0.5, 0.6) is 0 Å². The molecule has 0 amide bonds. The molecule has 0 aliphatic carbocycles. The third-order valence-corrected chi connectivity index (χ3v) is 8.25. The molecule has 0 saturated carbocycles. The number of hydrogen-bond acceptors (Lipinski definition) is 7. The first-order chi connectivity index (χ1) is 14.1. The van der Waals surface area contributed by atoms with Crippen LogP contribution in [0.2, 0.25) is 0 Å². The van der Waals surface area contributed by atoms with Crippen molar-refractivity contribution < 1.29 is 28.0 Å². The SMILES string of the molecule is CCOP(=O)(OCC)C(N(OC(C)C(=O)OC(CC)(CC)CC)C(C)(C)C)C(C)(C)C. The molecule has 186 valence electrons. The molecule has 0 rings (SSSR count). The molecule has 2 unspecified atom stereocenters. The Labute approximate surface area is 191 Å². The molecule has 2 atom stereocenters. The first-order valence-corrected chi connectivity index (χ1v) is 13.3. The predicted molar refractivity (Wildman–Crippen MR) is 126 cm³/mol. The van der Waals surface area contributed by atoms with E-state index in [4.69, 9.17) is 18.6 Å². The van der Waals surface area contributed by atoms with Crippen molar-refractivity contribution in [2.24, 2.45) is 5.41 Å². The molecule has 0 spiro atoms. The Morgan fingerprint density at radius 3 is 1.58 bits per heavy atom. The Bertz CT molecular complexity index is 574. The minimum Gasteiger partial charge on any atom is -0.457 e. The van der Waals surface area contributed by atoms with E-state index in [1.165, 1.54) is 0 Å². The lowest BCUT2D eigenvalue weighted by Gasteiger charge is -2.48. The summed E-state index contributed by atoms with van der Waals surface area (Å²) in [6.45, 7) is 23.5. The molecule has 0 aliphatic rings. The number of nitrogens with zero attached hydrogens (tertiary/aromatic N) is 1. The summed E-state index contributed by atoms with van der Waals surface area (Å²) in [7, 11) is -3.60. The van der Waals surface area contributed by atoms with Gasteiger partial charge in [0.25, 0.3) is 0 Å². The van der Waals surface area contributed by atoms with Gasteiger partial charge in [0.2, 0.25) is 0 Å². The predicted octanol–water partition coefficient (Wildman–Crippen LogP) is 6.56. The summed E-state index contributed by atoms with van der Waals surface area (Å²) in [5.74, 6) is -1.17. The van der Waals surface area contributed by atoms with E-state index >= 15 is 0 Å². The Hall–Kier alpha value is -0.460. The van der Waals surface area contributed by atoms with Gasteiger partial charge >= 0.3 is 13.6 Å². The molecule has 0 fully saturated rings. The summed E-state index contributed by atoms with van der Waals surface area (Å²) >= 11 is 0. The monoisotopic (exact) mass is 465 g/mol. The molecule has 8 heteroatoms. The average Bonchev–Trinajstić information content (AvgIpc) is 2.64. The van der Waals surface area contributed by atoms with Gasteiger partial charge in [-0.3, -0.25) is 9.40 Å². The van der Waals surface area contributed by atoms with Crippen molar-refractivity contribution in [3.8, 4) is 0 Å². The quantitative estimate of drug-likeness (QED) is 0.173. The molecule has 0 aromatic rings. The van der Waals surface area contributed by atoms with Gasteiger partial charge in [0.1, 0.15) is 11.4 Å². The second-order valence-electron chi connectivity index (χ2n) is 10.0. The van der Waals surface area contributed by atoms with Crippen molar-refractivity contribution in [3.63, 3.8) is 0 Å². The number of esters is 1. The zero-order valence-corrected chi connectivity index (χ0v) is 22.9. The first-order valence-electron chi connectivity index (χ1n) is 11.6. The van der Waals surface area contributed by atoms with Crippen LogP contribution in [0.3, 0.4) is 0 Å². The van der Waals surface area contributed by atoms with Crippen LogP contribution in [0.1, 0.15) is 102 Å². The Kier molecular flexibility index (Phi) is 11.9. The lowest BCUT2D eigenvalue weighted by atomic mass is 9.94. The Morgan fingerprint density at radius 1 is 0.871 bits per heavy atom. The molecule has 0 aromatic carbocycles. The summed E-state index contributed by atoms with van der Waals surface area (Å²) in [6.07, 6.45) is 1.31. The van der Waals surface area contributed by atoms with Gasteiger partial charge < -0.3 is 13.8 Å². The van der Waals surface area contributed by atoms with Crippen molar-refractivity contribution in [2.75, 3.05) is 13.2 Å². The first kappa shape index (κ1) is 30.5. The van der Waals surface area contributed by atoms with E-state index in [1.807, 2.05) is 62.3 Å². The van der Waals surface area contributed by atoms with Crippen LogP contribution in [0.15, 0.2) is 0 Å². The number of ether oxygens (including phenoxy) is 1. The lowest BCUT2D eigenvalue weighted by Crippen LogP contribution is -2.55. The van der Waals surface area contributed by atoms with E-state index in [1.54, 1.807) is 25.8 Å². The molecule has 0 bridgehead atoms. The smallest absolute Gasteiger partial charge is 0.350 e. The van der Waals surface area contributed by atoms with Crippen LogP contribution >= 0.6 is 7.60 Å². The Balaban J connectivity index is 6.13. The summed E-state index contributed by atoms with van der Waals surface area (Å²) < 4.78 is 31.2. The van der Waals surface area contributed by atoms with Gasteiger partial charge in [0, 0.05) is 5.54 Å². The second-order valence-corrected chi connectivity index (χ2v) is 12.1. The van der Waals surface area contributed by atoms with Crippen LogP contribution in [-0.2, 0) is 28.0 Å². The minimum atomic E-state index is -3.60. The molecule has 7 nitrogen and oxygen atoms in total. The zero-order chi connectivity index (χ0) is 24.7. The van der Waals surface area contributed by atoms with Crippen molar-refractivity contribution in [2.45, 2.75) is 125 Å². The maximum Gasteiger partial charge on any atom is 0.350 e. The highest BCUT2D eigenvalue weighted by Gasteiger charge is 2.52. The third kappa shape index (κ3) is 8.43. The third-order valence-electron chi connectivity index (χ3n) is 5.43. The van der Waals surface area contributed by atoms with Gasteiger partial charge in [-0.2, -0.15) is 5.06 Å². The van der Waals surface area contributed by atoms with Crippen molar-refractivity contribution in [1.29, 1.82) is 0 Å². The molecule has 0 radical (unpaired) electrons. The average molecular weight is 466 g/mol. The van der Waals surface area contributed by atoms with Crippen molar-refractivity contribution >= 4 is 13.6 Å². The van der Waals surface area contributed by atoms with Gasteiger partial charge in [0.15, 0.2) is 6.10 Å². The lowest BCUT2D eigenvalue weighted by molar-refractivity contribution is -0.266. The molecule has 31 heavy (non-hydrogen) atoms. The van der Waals surface area contributed by atoms with E-state index in [9.17, 15) is 9.36 Å². The number of carbonyl (C=O) groups is 1. The maximum absolute atomic E-state index is 13.9. The van der Waals surface area contributed by atoms with Crippen molar-refractivity contribution in [1.82, 2.24) is 5.06 Å². The van der Waals surface area contributed by atoms with Gasteiger partial charge in [0.05, 0.1) is 13.2 Å². The second kappa shape index (κ2) is 12.1. The summed E-state index contributed by atoms with van der Waals surface area (Å²) in [6, 6.07) is 0. The van der Waals surface area contributed by atoms with E-state index in [0.717, 1.165) is 19.3 Å². The summed E-state index contributed by atoms with van der Waals surface area (Å²) in [4.78, 5) is 19.2. The molecule has 0 saturated heterocycles. The van der Waals surface area contributed by atoms with Gasteiger partial charge in [-0.25, -0.2) is 4.79 Å². The highest BCUT2D eigenvalue weighted by Crippen LogP contribution is 2.60. The van der Waals surface area contributed by atoms with Crippen LogP contribution in [-0.4, -0.2) is 47.3 Å². The van der Waals surface area contributed by atoms with E-state index in [0.29, 0.717) is 0 Å². The normalized spacial score (nSPS) is 15.8. The van der Waals surface area contributed by atoms with Crippen LogP contribution < -0.4 is 0 Å². The molecule has 0 aliphatic heterocycles. The molecule has 0 aromatic heterocycles. The van der Waals surface area contributed by atoms with Crippen LogP contribution in [0.25, 0.3) is 0 Å². The van der Waals surface area contributed by atoms with Gasteiger partial charge in [-0.15, -0.1) is 0 Å². The zero-order valence-electron chi connectivity index (χ0n) is 22.0. The van der Waals surface area contributed by atoms with Gasteiger partial charge in [-0.05, 0) is 66.2 Å². The van der Waals surface area contributed by atoms with Crippen LogP contribution in [0, 0.1) is 5.41 Å². The number of hydrogen-bond donors (Lipinski definition) is 0. The molecular weight excluding hydrogens is 417 g/mol. The fourth-order valence-electron chi connectivity index (χ4n) is 3.55. The molecule has 0 N–H and O–H groups in total. The molecule has 0 heterocycles. The minimum absolute atomic E-state index is 0.242. The Morgan fingerprint density at radius 2 is 1.29 bits per heavy atom. The fraction of sp³-hybridized carbons (Fsp3) is 0.957. The number of carbonyl (C=O) groups excluding carboxylic acids is 1. The van der Waals surface area contributed by atoms with Gasteiger partial charge in [-0.1, -0.05) is 41.5 Å². The highest BCUT2D eigenvalue weighted by atomic mass is 31.2. The maximum atomic E-state index is 13.9. The molecular formula is C23H48NO6P. The van der Waals surface area contributed by atoms with Crippen molar-refractivity contribution in [3.05, 3.63) is 0 Å². The van der Waals surface area contributed by atoms with E-state index in [2.05, 4.69) is 0 Å². The van der Waals surface area contributed by atoms with E-state index in [-0.39, 0.29) is 13.2 Å². The largest absolute Gasteiger partial charge is 0.457 e. The fourth-order valence-corrected chi connectivity index (χ4v) is 6.23. The standard InChI is InChI=1S/C23H48NO6P/c1-13-23(14-2,15-3)29-19(25)18(6)30-24(22(10,11)12)20(21(7,8)9)31(26,27-16-4)28-17-5/h18,20H,13-17H2,1-12H3. The van der Waals surface area contributed by atoms with Crippen LogP contribution in [0.4, 0.5) is 0 Å². The van der Waals surface area contributed by atoms with E-state index < -0.39 is 42.0 Å². The summed E-state index contributed by atoms with van der Waals surface area (Å²) in [5.41, 5.74) is -1.62. The summed E-state index contributed by atoms with van der Waals surface area (Å²) in [5, 5.41) is 1.62. The highest BCUT2D eigenvalue weighted by molar-refractivity contribution is 7.54. The number of rotatable bonds is 13. The topological polar surface area (TPSA) is 74.3 Å². The number of hydroxylamine groups is 2.